The molecule has 3 aromatic heterocycles. The van der Waals surface area contributed by atoms with Gasteiger partial charge in [-0.15, -0.1) is 11.3 Å². The Morgan fingerprint density at radius 1 is 1.14 bits per heavy atom. The van der Waals surface area contributed by atoms with Crippen molar-refractivity contribution in [1.29, 1.82) is 0 Å². The highest BCUT2D eigenvalue weighted by molar-refractivity contribution is 7.23. The van der Waals surface area contributed by atoms with Crippen molar-refractivity contribution < 1.29 is 9.53 Å². The lowest BCUT2D eigenvalue weighted by molar-refractivity contribution is 0.0963. The van der Waals surface area contributed by atoms with E-state index in [2.05, 4.69) is 27.3 Å². The van der Waals surface area contributed by atoms with Gasteiger partial charge in [-0.05, 0) is 36.2 Å². The minimum Gasteiger partial charge on any atom is -0.378 e. The molecule has 0 spiro atoms. The fraction of sp³-hybridized carbons (Fsp3) is 0.231. The van der Waals surface area contributed by atoms with Crippen LogP contribution in [0, 0.1) is 6.92 Å². The lowest BCUT2D eigenvalue weighted by Crippen LogP contribution is -2.36. The van der Waals surface area contributed by atoms with E-state index >= 15 is 0 Å². The fourth-order valence-electron chi connectivity index (χ4n) is 4.57. The van der Waals surface area contributed by atoms with E-state index in [1.54, 1.807) is 18.4 Å². The Morgan fingerprint density at radius 3 is 2.80 bits per heavy atom. The van der Waals surface area contributed by atoms with Crippen LogP contribution in [-0.2, 0) is 4.74 Å². The van der Waals surface area contributed by atoms with Crippen LogP contribution in [0.3, 0.4) is 0 Å². The van der Waals surface area contributed by atoms with Crippen molar-refractivity contribution in [3.8, 4) is 21.8 Å². The molecule has 5 aromatic rings. The number of aromatic amines is 1. The molecule has 0 aliphatic carbocycles. The summed E-state index contributed by atoms with van der Waals surface area (Å²) in [5, 5.41) is 11.0. The SMILES string of the molecule is CNC(=O)c1cccc(-c2sc3c(N4CCOCC4)nc(-c4cccc5[nH]ncc45)nc3c2C)c1. The number of nitrogens with one attached hydrogen (secondary N) is 2. The number of aromatic nitrogens is 4. The number of carbonyl (C=O) groups excluding carboxylic acids is 1. The van der Waals surface area contributed by atoms with Crippen LogP contribution < -0.4 is 10.2 Å². The second kappa shape index (κ2) is 8.75. The zero-order valence-electron chi connectivity index (χ0n) is 19.5. The minimum absolute atomic E-state index is 0.102. The molecule has 2 aromatic carbocycles. The van der Waals surface area contributed by atoms with Gasteiger partial charge >= 0.3 is 0 Å². The molecule has 1 fully saturated rings. The van der Waals surface area contributed by atoms with Crippen LogP contribution in [0.5, 0.6) is 0 Å². The van der Waals surface area contributed by atoms with Crippen LogP contribution in [0.2, 0.25) is 0 Å². The number of H-pyrrole nitrogens is 1. The van der Waals surface area contributed by atoms with Crippen molar-refractivity contribution in [2.45, 2.75) is 6.92 Å². The zero-order valence-corrected chi connectivity index (χ0v) is 20.3. The highest BCUT2D eigenvalue weighted by Crippen LogP contribution is 2.42. The first-order chi connectivity index (χ1) is 17.1. The summed E-state index contributed by atoms with van der Waals surface area (Å²) in [5.41, 5.74) is 5.54. The number of thiophene rings is 1. The Kier molecular flexibility index (Phi) is 5.43. The normalized spacial score (nSPS) is 14.1. The van der Waals surface area contributed by atoms with Crippen molar-refractivity contribution in [3.63, 3.8) is 0 Å². The molecule has 0 bridgehead atoms. The number of ether oxygens (including phenoxy) is 1. The summed E-state index contributed by atoms with van der Waals surface area (Å²) < 4.78 is 6.66. The van der Waals surface area contributed by atoms with Crippen LogP contribution in [0.15, 0.2) is 48.7 Å². The van der Waals surface area contributed by atoms with E-state index in [1.807, 2.05) is 48.7 Å². The van der Waals surface area contributed by atoms with Crippen LogP contribution in [0.25, 0.3) is 42.9 Å². The number of aryl methyl sites for hydroxylation is 1. The van der Waals surface area contributed by atoms with Gasteiger partial charge in [-0.2, -0.15) is 5.10 Å². The molecule has 2 N–H and O–H groups in total. The first-order valence-electron chi connectivity index (χ1n) is 11.5. The molecule has 35 heavy (non-hydrogen) atoms. The summed E-state index contributed by atoms with van der Waals surface area (Å²) in [5.74, 6) is 1.50. The van der Waals surface area contributed by atoms with Gasteiger partial charge in [-0.1, -0.05) is 24.3 Å². The molecule has 1 saturated heterocycles. The van der Waals surface area contributed by atoms with Gasteiger partial charge < -0.3 is 15.0 Å². The van der Waals surface area contributed by atoms with Crippen molar-refractivity contribution in [2.24, 2.45) is 0 Å². The number of carbonyl (C=O) groups is 1. The van der Waals surface area contributed by atoms with Gasteiger partial charge in [-0.3, -0.25) is 9.89 Å². The summed E-state index contributed by atoms with van der Waals surface area (Å²) in [4.78, 5) is 25.8. The Labute approximate surface area is 206 Å². The first-order valence-corrected chi connectivity index (χ1v) is 12.3. The van der Waals surface area contributed by atoms with Gasteiger partial charge in [0.2, 0.25) is 0 Å². The largest absolute Gasteiger partial charge is 0.378 e. The molecule has 6 rings (SSSR count). The molecule has 8 nitrogen and oxygen atoms in total. The van der Waals surface area contributed by atoms with Gasteiger partial charge in [0.1, 0.15) is 0 Å². The predicted molar refractivity (Wildman–Crippen MR) is 139 cm³/mol. The average molecular weight is 485 g/mol. The molecule has 0 unspecified atom stereocenters. The summed E-state index contributed by atoms with van der Waals surface area (Å²) in [7, 11) is 1.64. The second-order valence-corrected chi connectivity index (χ2v) is 9.52. The number of nitrogens with zero attached hydrogens (tertiary/aromatic N) is 4. The van der Waals surface area contributed by atoms with Crippen LogP contribution in [-0.4, -0.2) is 59.4 Å². The molecule has 0 atom stereocenters. The van der Waals surface area contributed by atoms with Crippen molar-refractivity contribution in [2.75, 3.05) is 38.3 Å². The van der Waals surface area contributed by atoms with E-state index in [4.69, 9.17) is 14.7 Å². The molecular formula is C26H24N6O2S. The molecule has 0 saturated carbocycles. The Morgan fingerprint density at radius 2 is 1.97 bits per heavy atom. The molecule has 1 aliphatic heterocycles. The maximum Gasteiger partial charge on any atom is 0.251 e. The first kappa shape index (κ1) is 21.7. The third-order valence-electron chi connectivity index (χ3n) is 6.40. The van der Waals surface area contributed by atoms with Crippen LogP contribution in [0.1, 0.15) is 15.9 Å². The third-order valence-corrected chi connectivity index (χ3v) is 7.72. The van der Waals surface area contributed by atoms with Gasteiger partial charge in [0.05, 0.1) is 35.1 Å². The van der Waals surface area contributed by atoms with E-state index in [0.29, 0.717) is 24.6 Å². The number of hydrogen-bond donors (Lipinski definition) is 2. The van der Waals surface area contributed by atoms with Gasteiger partial charge in [0.15, 0.2) is 11.6 Å². The molecule has 176 valence electrons. The van der Waals surface area contributed by atoms with E-state index in [9.17, 15) is 4.79 Å². The second-order valence-electron chi connectivity index (χ2n) is 8.50. The molecule has 1 aliphatic rings. The van der Waals surface area contributed by atoms with Gasteiger partial charge in [-0.25, -0.2) is 9.97 Å². The quantitative estimate of drug-likeness (QED) is 0.392. The van der Waals surface area contributed by atoms with Gasteiger partial charge in [0.25, 0.3) is 5.91 Å². The van der Waals surface area contributed by atoms with Gasteiger partial charge in [0, 0.05) is 41.5 Å². The lowest BCUT2D eigenvalue weighted by Gasteiger charge is -2.28. The van der Waals surface area contributed by atoms with E-state index in [-0.39, 0.29) is 5.91 Å². The molecule has 1 amide bonds. The Balaban J connectivity index is 1.58. The summed E-state index contributed by atoms with van der Waals surface area (Å²) in [6.45, 7) is 4.99. The Hall–Kier alpha value is -3.82. The molecule has 9 heteroatoms. The number of benzene rings is 2. The van der Waals surface area contributed by atoms with E-state index in [1.165, 1.54) is 0 Å². The van der Waals surface area contributed by atoms with Crippen molar-refractivity contribution in [3.05, 3.63) is 59.8 Å². The monoisotopic (exact) mass is 484 g/mol. The summed E-state index contributed by atoms with van der Waals surface area (Å²) >= 11 is 1.68. The van der Waals surface area contributed by atoms with Crippen molar-refractivity contribution in [1.82, 2.24) is 25.5 Å². The minimum atomic E-state index is -0.102. The number of hydrogen-bond acceptors (Lipinski definition) is 7. The zero-order chi connectivity index (χ0) is 23.9. The maximum atomic E-state index is 12.2. The molecule has 0 radical (unpaired) electrons. The third kappa shape index (κ3) is 3.73. The number of rotatable bonds is 4. The van der Waals surface area contributed by atoms with Crippen LogP contribution >= 0.6 is 11.3 Å². The smallest absolute Gasteiger partial charge is 0.251 e. The van der Waals surface area contributed by atoms with Crippen LogP contribution in [0.4, 0.5) is 5.82 Å². The topological polar surface area (TPSA) is 96.0 Å². The summed E-state index contributed by atoms with van der Waals surface area (Å²) in [6, 6.07) is 13.8. The van der Waals surface area contributed by atoms with E-state index < -0.39 is 0 Å². The summed E-state index contributed by atoms with van der Waals surface area (Å²) in [6.07, 6.45) is 1.82. The number of fused-ring (bicyclic) bond motifs is 2. The lowest BCUT2D eigenvalue weighted by atomic mass is 10.1. The Bertz CT molecular complexity index is 1570. The standard InChI is InChI=1S/C26H24N6O2S/c1-15-21-23(35-22(15)16-5-3-6-17(13-16)26(33)27-2)25(32-9-11-34-12-10-32)30-24(29-21)18-7-4-8-20-19(18)14-28-31-20/h3-8,13-14H,9-12H2,1-2H3,(H,27,33)(H,28,31). The number of anilines is 1. The molecular weight excluding hydrogens is 460 g/mol. The predicted octanol–water partition coefficient (Wildman–Crippen LogP) is 4.41. The highest BCUT2D eigenvalue weighted by atomic mass is 32.1. The fourth-order valence-corrected chi connectivity index (χ4v) is 5.83. The average Bonchev–Trinajstić information content (AvgIpc) is 3.53. The van der Waals surface area contributed by atoms with E-state index in [0.717, 1.165) is 61.6 Å². The molecule has 4 heterocycles. The number of amides is 1. The number of morpholine rings is 1. The van der Waals surface area contributed by atoms with Crippen molar-refractivity contribution >= 4 is 44.2 Å². The highest BCUT2D eigenvalue weighted by Gasteiger charge is 2.23. The maximum absolute atomic E-state index is 12.2.